The van der Waals surface area contributed by atoms with E-state index in [0.717, 1.165) is 6.42 Å². The first kappa shape index (κ1) is 16.9. The fraction of sp³-hybridized carbons (Fsp3) is 0.562. The Bertz CT molecular complexity index is 512. The van der Waals surface area contributed by atoms with Crippen LogP contribution in [0.25, 0.3) is 0 Å². The number of nitrogens with one attached hydrogen (secondary N) is 2. The molecule has 0 saturated carbocycles. The summed E-state index contributed by atoms with van der Waals surface area (Å²) >= 11 is 0. The molecule has 1 aliphatic rings. The van der Waals surface area contributed by atoms with Crippen LogP contribution in [0.4, 0.5) is 4.39 Å². The third-order valence-corrected chi connectivity index (χ3v) is 4.29. The van der Waals surface area contributed by atoms with Crippen LogP contribution in [-0.4, -0.2) is 41.1 Å². The second kappa shape index (κ2) is 7.67. The van der Waals surface area contributed by atoms with Crippen LogP contribution in [-0.2, 0) is 11.3 Å². The number of halogens is 1. The zero-order valence-electron chi connectivity index (χ0n) is 13.1. The lowest BCUT2D eigenvalue weighted by molar-refractivity contribution is -0.135. The van der Waals surface area contributed by atoms with E-state index in [2.05, 4.69) is 17.8 Å². The van der Waals surface area contributed by atoms with Gasteiger partial charge in [-0.2, -0.15) is 0 Å². The van der Waals surface area contributed by atoms with Crippen molar-refractivity contribution in [3.05, 3.63) is 35.6 Å². The highest BCUT2D eigenvalue weighted by molar-refractivity contribution is 5.82. The lowest BCUT2D eigenvalue weighted by Crippen LogP contribution is -2.48. The molecule has 1 aliphatic heterocycles. The first-order valence-corrected chi connectivity index (χ1v) is 7.72. The summed E-state index contributed by atoms with van der Waals surface area (Å²) in [6.07, 6.45) is 0.922. The van der Waals surface area contributed by atoms with E-state index in [9.17, 15) is 14.3 Å². The van der Waals surface area contributed by atoms with E-state index in [1.54, 1.807) is 18.2 Å². The summed E-state index contributed by atoms with van der Waals surface area (Å²) in [5, 5.41) is 9.22. The smallest absolute Gasteiger partial charge is 0.241 e. The Morgan fingerprint density at radius 2 is 2.09 bits per heavy atom. The normalized spacial score (nSPS) is 24.5. The van der Waals surface area contributed by atoms with Gasteiger partial charge in [0.15, 0.2) is 0 Å². The van der Waals surface area contributed by atoms with Crippen molar-refractivity contribution in [3.8, 4) is 0 Å². The number of aliphatic hydroxyl groups is 1. The minimum atomic E-state index is -0.358. The molecule has 122 valence electrons. The molecule has 22 heavy (non-hydrogen) atoms. The molecule has 1 amide bonds. The summed E-state index contributed by atoms with van der Waals surface area (Å²) in [5.74, 6) is -0.317. The molecule has 3 atom stereocenters. The van der Waals surface area contributed by atoms with Gasteiger partial charge >= 0.3 is 0 Å². The van der Waals surface area contributed by atoms with Crippen molar-refractivity contribution >= 4 is 5.91 Å². The highest BCUT2D eigenvalue weighted by Crippen LogP contribution is 2.20. The largest absolute Gasteiger partial charge is 0.395 e. The Balaban J connectivity index is 2.11. The maximum absolute atomic E-state index is 13.8. The maximum atomic E-state index is 13.8. The zero-order chi connectivity index (χ0) is 16.1. The average molecular weight is 309 g/mol. The van der Waals surface area contributed by atoms with Gasteiger partial charge in [-0.1, -0.05) is 32.0 Å². The monoisotopic (exact) mass is 309 g/mol. The van der Waals surface area contributed by atoms with Gasteiger partial charge in [0, 0.05) is 24.7 Å². The van der Waals surface area contributed by atoms with Crippen LogP contribution >= 0.6 is 0 Å². The van der Waals surface area contributed by atoms with E-state index in [0.29, 0.717) is 5.56 Å². The number of hydrogen-bond donors (Lipinski definition) is 3. The van der Waals surface area contributed by atoms with Gasteiger partial charge < -0.3 is 10.0 Å². The lowest BCUT2D eigenvalue weighted by Gasteiger charge is -2.27. The molecule has 1 heterocycles. The summed E-state index contributed by atoms with van der Waals surface area (Å²) < 4.78 is 13.8. The quantitative estimate of drug-likeness (QED) is 0.735. The Hall–Kier alpha value is -1.50. The van der Waals surface area contributed by atoms with Gasteiger partial charge in [-0.3, -0.25) is 10.2 Å². The average Bonchev–Trinajstić information content (AvgIpc) is 2.89. The molecule has 5 nitrogen and oxygen atoms in total. The first-order valence-electron chi connectivity index (χ1n) is 7.72. The minimum absolute atomic E-state index is 0.117. The van der Waals surface area contributed by atoms with E-state index in [1.807, 2.05) is 6.92 Å². The number of nitrogens with zero attached hydrogens (tertiary/aromatic N) is 1. The molecule has 0 aromatic heterocycles. The Morgan fingerprint density at radius 3 is 2.68 bits per heavy atom. The Labute approximate surface area is 130 Å². The zero-order valence-corrected chi connectivity index (χ0v) is 13.1. The van der Waals surface area contributed by atoms with E-state index in [1.165, 1.54) is 11.0 Å². The summed E-state index contributed by atoms with van der Waals surface area (Å²) in [7, 11) is 0. The minimum Gasteiger partial charge on any atom is -0.395 e. The van der Waals surface area contributed by atoms with Gasteiger partial charge in [0.1, 0.15) is 11.9 Å². The predicted molar refractivity (Wildman–Crippen MR) is 82.2 cm³/mol. The second-order valence-corrected chi connectivity index (χ2v) is 5.72. The van der Waals surface area contributed by atoms with Gasteiger partial charge in [-0.05, 0) is 18.4 Å². The van der Waals surface area contributed by atoms with Crippen LogP contribution in [0.3, 0.4) is 0 Å². The summed E-state index contributed by atoms with van der Waals surface area (Å²) in [5.41, 5.74) is 6.61. The maximum Gasteiger partial charge on any atom is 0.241 e. The van der Waals surface area contributed by atoms with Crippen molar-refractivity contribution in [2.24, 2.45) is 5.92 Å². The van der Waals surface area contributed by atoms with Gasteiger partial charge in [0.05, 0.1) is 6.61 Å². The summed E-state index contributed by atoms with van der Waals surface area (Å²) in [4.78, 5) is 14.2. The molecule has 0 bridgehead atoms. The summed E-state index contributed by atoms with van der Waals surface area (Å²) in [6.45, 7) is 4.28. The molecule has 1 saturated heterocycles. The van der Waals surface area contributed by atoms with Crippen molar-refractivity contribution in [1.29, 1.82) is 0 Å². The SMILES string of the molecule is CCC1NNC(C(=O)N(CCO)Cc2ccccc2F)C1C. The fourth-order valence-electron chi connectivity index (χ4n) is 2.87. The van der Waals surface area contributed by atoms with Crippen LogP contribution in [0.2, 0.25) is 0 Å². The fourth-order valence-corrected chi connectivity index (χ4v) is 2.87. The number of rotatable bonds is 6. The number of carbonyl (C=O) groups excluding carboxylic acids is 1. The van der Waals surface area contributed by atoms with Gasteiger partial charge in [-0.15, -0.1) is 0 Å². The molecule has 2 rings (SSSR count). The topological polar surface area (TPSA) is 64.6 Å². The molecule has 1 aromatic carbocycles. The van der Waals surface area contributed by atoms with Gasteiger partial charge in [-0.25, -0.2) is 9.82 Å². The highest BCUT2D eigenvalue weighted by Gasteiger charge is 2.38. The van der Waals surface area contributed by atoms with Crippen molar-refractivity contribution in [2.45, 2.75) is 38.9 Å². The molecule has 0 aliphatic carbocycles. The van der Waals surface area contributed by atoms with E-state index < -0.39 is 0 Å². The number of hydrogen-bond acceptors (Lipinski definition) is 4. The molecular formula is C16H24FN3O2. The van der Waals surface area contributed by atoms with Crippen LogP contribution in [0.15, 0.2) is 24.3 Å². The Kier molecular flexibility index (Phi) is 5.88. The van der Waals surface area contributed by atoms with Gasteiger partial charge in [0.2, 0.25) is 5.91 Å². The number of amides is 1. The van der Waals surface area contributed by atoms with Crippen molar-refractivity contribution in [1.82, 2.24) is 15.8 Å². The van der Waals surface area contributed by atoms with Crippen molar-refractivity contribution < 1.29 is 14.3 Å². The first-order chi connectivity index (χ1) is 10.6. The molecule has 3 unspecified atom stereocenters. The van der Waals surface area contributed by atoms with Crippen molar-refractivity contribution in [2.75, 3.05) is 13.2 Å². The summed E-state index contributed by atoms with van der Waals surface area (Å²) in [6, 6.07) is 6.27. The van der Waals surface area contributed by atoms with E-state index in [4.69, 9.17) is 0 Å². The number of carbonyl (C=O) groups is 1. The van der Waals surface area contributed by atoms with Crippen LogP contribution in [0, 0.1) is 11.7 Å². The standard InChI is InChI=1S/C16H24FN3O2/c1-3-14-11(2)15(19-18-14)16(22)20(8-9-21)10-12-6-4-5-7-13(12)17/h4-7,11,14-15,18-19,21H,3,8-10H2,1-2H3. The molecule has 1 aromatic rings. The van der Waals surface area contributed by atoms with Crippen LogP contribution in [0.1, 0.15) is 25.8 Å². The number of aliphatic hydroxyl groups excluding tert-OH is 1. The molecule has 3 N–H and O–H groups in total. The van der Waals surface area contributed by atoms with Gasteiger partial charge in [0.25, 0.3) is 0 Å². The van der Waals surface area contributed by atoms with Crippen LogP contribution in [0.5, 0.6) is 0 Å². The Morgan fingerprint density at radius 1 is 1.36 bits per heavy atom. The third kappa shape index (κ3) is 3.63. The second-order valence-electron chi connectivity index (χ2n) is 5.72. The molecule has 6 heteroatoms. The van der Waals surface area contributed by atoms with E-state index >= 15 is 0 Å². The third-order valence-electron chi connectivity index (χ3n) is 4.29. The predicted octanol–water partition coefficient (Wildman–Crippen LogP) is 1.04. The number of benzene rings is 1. The molecule has 0 radical (unpaired) electrons. The molecular weight excluding hydrogens is 285 g/mol. The van der Waals surface area contributed by atoms with Crippen molar-refractivity contribution in [3.63, 3.8) is 0 Å². The lowest BCUT2D eigenvalue weighted by atomic mass is 9.94. The highest BCUT2D eigenvalue weighted by atomic mass is 19.1. The molecule has 0 spiro atoms. The number of hydrazine groups is 1. The molecule has 1 fully saturated rings. The van der Waals surface area contributed by atoms with Crippen LogP contribution < -0.4 is 10.9 Å². The van der Waals surface area contributed by atoms with E-state index in [-0.39, 0.29) is 49.4 Å².